The lowest BCUT2D eigenvalue weighted by Gasteiger charge is -2.41. The summed E-state index contributed by atoms with van der Waals surface area (Å²) < 4.78 is 7.57. The van der Waals surface area contributed by atoms with Crippen LogP contribution in [0.5, 0.6) is 0 Å². The molecule has 3 heteroatoms. The van der Waals surface area contributed by atoms with Gasteiger partial charge in [-0.15, -0.1) is 11.3 Å². The van der Waals surface area contributed by atoms with E-state index >= 15 is 0 Å². The zero-order valence-corrected chi connectivity index (χ0v) is 41.6. The second-order valence-corrected chi connectivity index (χ2v) is 21.8. The Morgan fingerprint density at radius 1 is 0.426 bits per heavy atom. The summed E-state index contributed by atoms with van der Waals surface area (Å²) in [6.07, 6.45) is 10.1. The summed E-state index contributed by atoms with van der Waals surface area (Å²) >= 11 is 1.89. The van der Waals surface area contributed by atoms with Gasteiger partial charge in [0, 0.05) is 53.1 Å². The number of rotatable bonds is 15. The number of nitrogens with zero attached hydrogens (tertiary/aromatic N) is 2. The van der Waals surface area contributed by atoms with Crippen molar-refractivity contribution in [3.8, 4) is 33.6 Å². The highest BCUT2D eigenvalue weighted by Gasteiger charge is 2.36. The predicted molar refractivity (Wildman–Crippen MR) is 297 cm³/mol. The van der Waals surface area contributed by atoms with Gasteiger partial charge < -0.3 is 9.13 Å². The third kappa shape index (κ3) is 7.83. The van der Waals surface area contributed by atoms with E-state index in [9.17, 15) is 0 Å². The van der Waals surface area contributed by atoms with E-state index in [0.29, 0.717) is 11.3 Å². The van der Waals surface area contributed by atoms with Gasteiger partial charge in [-0.05, 0) is 143 Å². The molecule has 0 aliphatic heterocycles. The van der Waals surface area contributed by atoms with Crippen LogP contribution in [0, 0.1) is 10.8 Å². The highest BCUT2D eigenvalue weighted by Crippen LogP contribution is 2.50. The average molecular weight is 905 g/mol. The summed E-state index contributed by atoms with van der Waals surface area (Å²) in [6.45, 7) is 14.7. The van der Waals surface area contributed by atoms with Gasteiger partial charge in [0.15, 0.2) is 0 Å². The Morgan fingerprint density at radius 3 is 1.47 bits per heavy atom. The molecule has 0 aliphatic rings. The average Bonchev–Trinajstić information content (AvgIpc) is 4.04. The van der Waals surface area contributed by atoms with Crippen molar-refractivity contribution in [2.24, 2.45) is 10.8 Å². The maximum absolute atomic E-state index is 2.56. The maximum Gasteiger partial charge on any atom is 0.0541 e. The monoisotopic (exact) mass is 904 g/mol. The number of unbranched alkanes of at least 4 members (excludes halogenated alkanes) is 2. The van der Waals surface area contributed by atoms with E-state index in [0.717, 1.165) is 0 Å². The minimum atomic E-state index is 0.197. The van der Waals surface area contributed by atoms with Crippen molar-refractivity contribution >= 4 is 75.1 Å². The van der Waals surface area contributed by atoms with E-state index in [1.807, 2.05) is 11.3 Å². The van der Waals surface area contributed by atoms with E-state index in [1.54, 1.807) is 0 Å². The third-order valence-corrected chi connectivity index (χ3v) is 17.0. The third-order valence-electron chi connectivity index (χ3n) is 15.8. The van der Waals surface area contributed by atoms with E-state index in [4.69, 9.17) is 0 Å². The molecular weight excluding hydrogens is 841 g/mol. The quantitative estimate of drug-likeness (QED) is 0.0970. The molecule has 2 unspecified atom stereocenters. The molecule has 0 amide bonds. The molecule has 0 saturated carbocycles. The van der Waals surface area contributed by atoms with Crippen molar-refractivity contribution < 1.29 is 0 Å². The Labute approximate surface area is 406 Å². The molecule has 11 aromatic rings. The van der Waals surface area contributed by atoms with Crippen molar-refractivity contribution in [1.29, 1.82) is 0 Å². The highest BCUT2D eigenvalue weighted by molar-refractivity contribution is 7.25. The number of hydrogen-bond acceptors (Lipinski definition) is 1. The van der Waals surface area contributed by atoms with Crippen molar-refractivity contribution in [2.75, 3.05) is 0 Å². The lowest BCUT2D eigenvalue weighted by molar-refractivity contribution is 0.155. The van der Waals surface area contributed by atoms with E-state index in [1.165, 1.54) is 154 Å². The van der Waals surface area contributed by atoms with Crippen molar-refractivity contribution in [2.45, 2.75) is 98.8 Å². The lowest BCUT2D eigenvalue weighted by atomic mass is 9.63. The molecule has 340 valence electrons. The molecule has 68 heavy (non-hydrogen) atoms. The first-order chi connectivity index (χ1) is 33.2. The molecule has 2 nitrogen and oxygen atoms in total. The molecule has 0 bridgehead atoms. The van der Waals surface area contributed by atoms with E-state index in [-0.39, 0.29) is 5.41 Å². The molecule has 8 aromatic carbocycles. The van der Waals surface area contributed by atoms with E-state index in [2.05, 4.69) is 227 Å². The lowest BCUT2D eigenvalue weighted by Crippen LogP contribution is -2.29. The molecular formula is C65H64N2S. The molecule has 0 N–H and O–H groups in total. The van der Waals surface area contributed by atoms with Crippen molar-refractivity contribution in [1.82, 2.24) is 9.13 Å². The first-order valence-electron chi connectivity index (χ1n) is 25.4. The summed E-state index contributed by atoms with van der Waals surface area (Å²) in [7, 11) is 0. The van der Waals surface area contributed by atoms with Gasteiger partial charge in [0.1, 0.15) is 0 Å². The van der Waals surface area contributed by atoms with Crippen LogP contribution >= 0.6 is 11.3 Å². The fourth-order valence-electron chi connectivity index (χ4n) is 11.6. The van der Waals surface area contributed by atoms with Gasteiger partial charge in [0.25, 0.3) is 0 Å². The molecule has 3 heterocycles. The van der Waals surface area contributed by atoms with Gasteiger partial charge >= 0.3 is 0 Å². The number of thiophene rings is 1. The standard InChI is InChI=1S/C65H64N2S/c1-7-10-36-64(4,5)57(43-65(6,9-3)37-11-8-2)48-21-19-23-50(39-48)67-60-29-17-14-26-53(60)54-40-45(30-33-61(54)67)47-32-35-63-56(42-47)55-41-46(31-34-62(55)68-63)44-20-18-22-49(38-44)66-58-27-15-12-24-51(58)52-25-13-16-28-59(52)66/h12-35,38-42,57H,7-11,36-37,43H2,1-6H3. The Balaban J connectivity index is 0.970. The second kappa shape index (κ2) is 17.9. The Bertz CT molecular complexity index is 3580. The Hall–Kier alpha value is -6.42. The summed E-state index contributed by atoms with van der Waals surface area (Å²) in [5, 5.41) is 7.77. The highest BCUT2D eigenvalue weighted by atomic mass is 32.1. The fraction of sp³-hybridized carbons (Fsp3) is 0.262. The Morgan fingerprint density at radius 2 is 0.897 bits per heavy atom. The molecule has 2 atom stereocenters. The van der Waals surface area contributed by atoms with Crippen LogP contribution in [-0.2, 0) is 0 Å². The van der Waals surface area contributed by atoms with Crippen LogP contribution in [0.1, 0.15) is 104 Å². The number of fused-ring (bicyclic) bond motifs is 9. The van der Waals surface area contributed by atoms with Crippen LogP contribution in [0.2, 0.25) is 0 Å². The molecule has 0 spiro atoms. The van der Waals surface area contributed by atoms with Gasteiger partial charge in [-0.1, -0.05) is 171 Å². The van der Waals surface area contributed by atoms with Gasteiger partial charge in [0.2, 0.25) is 0 Å². The minimum Gasteiger partial charge on any atom is -0.309 e. The van der Waals surface area contributed by atoms with Crippen LogP contribution in [-0.4, -0.2) is 9.13 Å². The van der Waals surface area contributed by atoms with Gasteiger partial charge in [0.05, 0.1) is 22.1 Å². The summed E-state index contributed by atoms with van der Waals surface area (Å²) in [4.78, 5) is 0. The minimum absolute atomic E-state index is 0.197. The number of para-hydroxylation sites is 3. The maximum atomic E-state index is 2.56. The Kier molecular flexibility index (Phi) is 11.6. The predicted octanol–water partition coefficient (Wildman–Crippen LogP) is 19.9. The molecule has 0 radical (unpaired) electrons. The zero-order valence-electron chi connectivity index (χ0n) is 40.8. The fourth-order valence-corrected chi connectivity index (χ4v) is 12.7. The van der Waals surface area contributed by atoms with Crippen LogP contribution < -0.4 is 0 Å². The SMILES string of the molecule is CCCCC(C)(CC)CC(c1cccc(-n2c3ccccc3c3cc(-c4ccc5sc6ccc(-c7cccc(-n8c9ccccc9c9ccccc98)c7)cc6c5c4)ccc32)c1)C(C)(C)CCCC. The largest absolute Gasteiger partial charge is 0.309 e. The van der Waals surface area contributed by atoms with Crippen LogP contribution in [0.15, 0.2) is 176 Å². The second-order valence-electron chi connectivity index (χ2n) is 20.7. The van der Waals surface area contributed by atoms with Crippen LogP contribution in [0.25, 0.3) is 97.4 Å². The summed E-state index contributed by atoms with van der Waals surface area (Å²) in [5.41, 5.74) is 14.4. The van der Waals surface area contributed by atoms with Crippen LogP contribution in [0.3, 0.4) is 0 Å². The zero-order chi connectivity index (χ0) is 46.6. The number of benzene rings is 8. The molecule has 3 aromatic heterocycles. The van der Waals surface area contributed by atoms with Gasteiger partial charge in [-0.3, -0.25) is 0 Å². The van der Waals surface area contributed by atoms with Gasteiger partial charge in [-0.25, -0.2) is 0 Å². The first-order valence-corrected chi connectivity index (χ1v) is 26.2. The first kappa shape index (κ1) is 44.1. The summed E-state index contributed by atoms with van der Waals surface area (Å²) in [5.74, 6) is 0.478. The van der Waals surface area contributed by atoms with Crippen LogP contribution in [0.4, 0.5) is 0 Å². The topological polar surface area (TPSA) is 9.86 Å². The number of hydrogen-bond donors (Lipinski definition) is 0. The van der Waals surface area contributed by atoms with Crippen molar-refractivity contribution in [3.05, 3.63) is 181 Å². The van der Waals surface area contributed by atoms with E-state index < -0.39 is 0 Å². The normalized spacial score (nSPS) is 13.7. The molecule has 0 aliphatic carbocycles. The smallest absolute Gasteiger partial charge is 0.0541 e. The molecule has 11 rings (SSSR count). The van der Waals surface area contributed by atoms with Gasteiger partial charge in [-0.2, -0.15) is 0 Å². The van der Waals surface area contributed by atoms with Crippen molar-refractivity contribution in [3.63, 3.8) is 0 Å². The molecule has 0 fully saturated rings. The number of aromatic nitrogens is 2. The molecule has 0 saturated heterocycles. The summed E-state index contributed by atoms with van der Waals surface area (Å²) in [6, 6.07) is 66.5.